The van der Waals surface area contributed by atoms with Crippen molar-refractivity contribution in [2.45, 2.75) is 43.7 Å². The molecule has 1 amide bonds. The van der Waals surface area contributed by atoms with Gasteiger partial charge in [0.2, 0.25) is 5.91 Å². The number of carbonyl (C=O) groups is 1. The van der Waals surface area contributed by atoms with E-state index >= 15 is 0 Å². The molecular weight excluding hydrogens is 307 g/mol. The van der Waals surface area contributed by atoms with Gasteiger partial charge in [-0.05, 0) is 50.0 Å². The van der Waals surface area contributed by atoms with E-state index in [0.717, 1.165) is 18.6 Å². The highest BCUT2D eigenvalue weighted by Crippen LogP contribution is 2.37. The molecular formula is C19H25FN2O2. The third-order valence-corrected chi connectivity index (χ3v) is 5.68. The summed E-state index contributed by atoms with van der Waals surface area (Å²) in [6.45, 7) is 4.60. The van der Waals surface area contributed by atoms with E-state index in [1.54, 1.807) is 12.1 Å². The molecule has 4 nitrogen and oxygen atoms in total. The predicted molar refractivity (Wildman–Crippen MR) is 89.2 cm³/mol. The molecule has 3 aliphatic rings. The molecule has 1 atom stereocenters. The Bertz CT molecular complexity index is 592. The lowest BCUT2D eigenvalue weighted by Crippen LogP contribution is -2.63. The fourth-order valence-corrected chi connectivity index (χ4v) is 4.27. The van der Waals surface area contributed by atoms with Gasteiger partial charge in [-0.25, -0.2) is 4.39 Å². The van der Waals surface area contributed by atoms with Gasteiger partial charge in [0, 0.05) is 6.04 Å². The van der Waals surface area contributed by atoms with Crippen molar-refractivity contribution in [2.24, 2.45) is 0 Å². The highest BCUT2D eigenvalue weighted by atomic mass is 19.1. The van der Waals surface area contributed by atoms with Crippen LogP contribution < -0.4 is 0 Å². The molecule has 0 aromatic heterocycles. The lowest BCUT2D eigenvalue weighted by molar-refractivity contribution is -0.157. The van der Waals surface area contributed by atoms with Crippen molar-refractivity contribution in [1.82, 2.24) is 9.80 Å². The van der Waals surface area contributed by atoms with Gasteiger partial charge in [0.05, 0.1) is 26.1 Å². The third-order valence-electron chi connectivity index (χ3n) is 5.68. The molecule has 0 aliphatic carbocycles. The van der Waals surface area contributed by atoms with E-state index in [1.807, 2.05) is 4.90 Å². The third kappa shape index (κ3) is 3.20. The smallest absolute Gasteiger partial charge is 0.227 e. The molecule has 0 saturated carbocycles. The standard InChI is InChI=1S/C19H25FN2O2/c20-16-6-4-15(5-7-16)10-18(23)22-13-19(14-22)11-17(12-24-19)21-8-2-1-3-9-21/h4-7,17H,1-3,8-14H2. The van der Waals surface area contributed by atoms with Crippen LogP contribution in [0.5, 0.6) is 0 Å². The normalized spacial score (nSPS) is 26.5. The zero-order chi connectivity index (χ0) is 16.6. The van der Waals surface area contributed by atoms with Gasteiger partial charge in [0.1, 0.15) is 11.4 Å². The summed E-state index contributed by atoms with van der Waals surface area (Å²) in [7, 11) is 0. The van der Waals surface area contributed by atoms with Crippen LogP contribution in [0.3, 0.4) is 0 Å². The van der Waals surface area contributed by atoms with Gasteiger partial charge in [-0.15, -0.1) is 0 Å². The van der Waals surface area contributed by atoms with E-state index in [4.69, 9.17) is 4.74 Å². The van der Waals surface area contributed by atoms with E-state index in [-0.39, 0.29) is 17.3 Å². The Morgan fingerprint density at radius 3 is 2.58 bits per heavy atom. The first-order valence-corrected chi connectivity index (χ1v) is 9.04. The number of hydrogen-bond acceptors (Lipinski definition) is 3. The Hall–Kier alpha value is -1.46. The number of amides is 1. The summed E-state index contributed by atoms with van der Waals surface area (Å²) in [4.78, 5) is 16.8. The topological polar surface area (TPSA) is 32.8 Å². The minimum atomic E-state index is -0.266. The summed E-state index contributed by atoms with van der Waals surface area (Å²) in [6.07, 6.45) is 5.33. The number of piperidine rings is 1. The largest absolute Gasteiger partial charge is 0.370 e. The fraction of sp³-hybridized carbons (Fsp3) is 0.632. The highest BCUT2D eigenvalue weighted by molar-refractivity contribution is 5.80. The lowest BCUT2D eigenvalue weighted by Gasteiger charge is -2.47. The van der Waals surface area contributed by atoms with Gasteiger partial charge in [-0.3, -0.25) is 9.69 Å². The molecule has 0 radical (unpaired) electrons. The zero-order valence-corrected chi connectivity index (χ0v) is 14.0. The van der Waals surface area contributed by atoms with Crippen LogP contribution in [-0.4, -0.2) is 60.1 Å². The van der Waals surface area contributed by atoms with E-state index in [1.165, 1.54) is 44.5 Å². The monoisotopic (exact) mass is 332 g/mol. The Morgan fingerprint density at radius 2 is 1.88 bits per heavy atom. The number of halogens is 1. The average molecular weight is 332 g/mol. The quantitative estimate of drug-likeness (QED) is 0.851. The Balaban J connectivity index is 1.28. The summed E-state index contributed by atoms with van der Waals surface area (Å²) >= 11 is 0. The molecule has 0 bridgehead atoms. The van der Waals surface area contributed by atoms with Crippen molar-refractivity contribution >= 4 is 5.91 Å². The summed E-state index contributed by atoms with van der Waals surface area (Å²) in [5, 5.41) is 0. The molecule has 4 rings (SSSR count). The fourth-order valence-electron chi connectivity index (χ4n) is 4.27. The maximum absolute atomic E-state index is 12.9. The second-order valence-electron chi connectivity index (χ2n) is 7.50. The molecule has 3 heterocycles. The first-order chi connectivity index (χ1) is 11.6. The van der Waals surface area contributed by atoms with Gasteiger partial charge >= 0.3 is 0 Å². The number of hydrogen-bond donors (Lipinski definition) is 0. The van der Waals surface area contributed by atoms with Crippen molar-refractivity contribution in [2.75, 3.05) is 32.8 Å². The van der Waals surface area contributed by atoms with E-state index in [2.05, 4.69) is 4.90 Å². The van der Waals surface area contributed by atoms with Crippen LogP contribution in [0.4, 0.5) is 4.39 Å². The van der Waals surface area contributed by atoms with Crippen LogP contribution in [0.1, 0.15) is 31.2 Å². The number of benzene rings is 1. The van der Waals surface area contributed by atoms with Gasteiger partial charge < -0.3 is 9.64 Å². The highest BCUT2D eigenvalue weighted by Gasteiger charge is 2.52. The van der Waals surface area contributed by atoms with E-state index in [9.17, 15) is 9.18 Å². The molecule has 3 fully saturated rings. The summed E-state index contributed by atoms with van der Waals surface area (Å²) in [5.41, 5.74) is 0.751. The number of ether oxygens (including phenoxy) is 1. The molecule has 3 aliphatic heterocycles. The summed E-state index contributed by atoms with van der Waals surface area (Å²) in [5.74, 6) is -0.158. The Kier molecular flexibility index (Phi) is 4.31. The zero-order valence-electron chi connectivity index (χ0n) is 14.0. The Morgan fingerprint density at radius 1 is 1.17 bits per heavy atom. The maximum Gasteiger partial charge on any atom is 0.227 e. The Labute approximate surface area is 142 Å². The van der Waals surface area contributed by atoms with Crippen molar-refractivity contribution in [1.29, 1.82) is 0 Å². The van der Waals surface area contributed by atoms with Gasteiger partial charge in [-0.2, -0.15) is 0 Å². The van der Waals surface area contributed by atoms with Crippen LogP contribution in [-0.2, 0) is 16.0 Å². The van der Waals surface area contributed by atoms with Crippen molar-refractivity contribution in [3.05, 3.63) is 35.6 Å². The second-order valence-corrected chi connectivity index (χ2v) is 7.50. The minimum Gasteiger partial charge on any atom is -0.370 e. The van der Waals surface area contributed by atoms with Crippen LogP contribution in [0.2, 0.25) is 0 Å². The number of nitrogens with zero attached hydrogens (tertiary/aromatic N) is 2. The van der Waals surface area contributed by atoms with Crippen molar-refractivity contribution in [3.63, 3.8) is 0 Å². The molecule has 1 aromatic rings. The van der Waals surface area contributed by atoms with Crippen LogP contribution in [0.15, 0.2) is 24.3 Å². The number of likely N-dealkylation sites (tertiary alicyclic amines) is 2. The van der Waals surface area contributed by atoms with Crippen molar-refractivity contribution < 1.29 is 13.9 Å². The molecule has 130 valence electrons. The minimum absolute atomic E-state index is 0.109. The van der Waals surface area contributed by atoms with Gasteiger partial charge in [0.15, 0.2) is 0 Å². The second kappa shape index (κ2) is 6.45. The molecule has 24 heavy (non-hydrogen) atoms. The van der Waals surface area contributed by atoms with Gasteiger partial charge in [-0.1, -0.05) is 18.6 Å². The summed E-state index contributed by atoms with van der Waals surface area (Å²) in [6, 6.07) is 6.70. The van der Waals surface area contributed by atoms with Crippen molar-refractivity contribution in [3.8, 4) is 0 Å². The van der Waals surface area contributed by atoms with Crippen LogP contribution in [0.25, 0.3) is 0 Å². The molecule has 3 saturated heterocycles. The molecule has 1 aromatic carbocycles. The SMILES string of the molecule is O=C(Cc1ccc(F)cc1)N1CC2(CC(N3CCCCC3)CO2)C1. The van der Waals surface area contributed by atoms with E-state index in [0.29, 0.717) is 25.6 Å². The average Bonchev–Trinajstić information content (AvgIpc) is 3.02. The molecule has 0 N–H and O–H groups in total. The number of rotatable bonds is 3. The lowest BCUT2D eigenvalue weighted by atomic mass is 9.88. The first-order valence-electron chi connectivity index (χ1n) is 9.04. The number of carbonyl (C=O) groups excluding carboxylic acids is 1. The van der Waals surface area contributed by atoms with Crippen LogP contribution in [0, 0.1) is 5.82 Å². The molecule has 1 spiro atoms. The maximum atomic E-state index is 12.9. The summed E-state index contributed by atoms with van der Waals surface area (Å²) < 4.78 is 19.0. The molecule has 5 heteroatoms. The van der Waals surface area contributed by atoms with E-state index < -0.39 is 0 Å². The predicted octanol–water partition coefficient (Wildman–Crippen LogP) is 2.22. The van der Waals surface area contributed by atoms with Crippen LogP contribution >= 0.6 is 0 Å². The van der Waals surface area contributed by atoms with Gasteiger partial charge in [0.25, 0.3) is 0 Å². The molecule has 1 unspecified atom stereocenters. The first kappa shape index (κ1) is 16.0.